The van der Waals surface area contributed by atoms with Crippen LogP contribution in [0.1, 0.15) is 36.8 Å². The van der Waals surface area contributed by atoms with E-state index in [0.717, 1.165) is 31.1 Å². The monoisotopic (exact) mass is 294 g/mol. The second kappa shape index (κ2) is 5.95. The van der Waals surface area contributed by atoms with Gasteiger partial charge in [-0.05, 0) is 30.4 Å². The highest BCUT2D eigenvalue weighted by Crippen LogP contribution is 2.25. The van der Waals surface area contributed by atoms with Crippen LogP contribution in [0.2, 0.25) is 0 Å². The fourth-order valence-corrected chi connectivity index (χ4v) is 3.57. The van der Waals surface area contributed by atoms with E-state index in [9.17, 15) is 0 Å². The zero-order valence-corrected chi connectivity index (χ0v) is 12.8. The van der Waals surface area contributed by atoms with E-state index >= 15 is 0 Å². The van der Waals surface area contributed by atoms with Gasteiger partial charge in [0.1, 0.15) is 18.0 Å². The number of anilines is 2. The van der Waals surface area contributed by atoms with Crippen LogP contribution in [0.4, 0.5) is 11.6 Å². The Hall–Kier alpha value is -2.10. The number of aromatic nitrogens is 2. The predicted octanol–water partition coefficient (Wildman–Crippen LogP) is 3.39. The van der Waals surface area contributed by atoms with Crippen molar-refractivity contribution in [3.63, 3.8) is 0 Å². The van der Waals surface area contributed by atoms with Crippen LogP contribution in [0.25, 0.3) is 0 Å². The van der Waals surface area contributed by atoms with Crippen molar-refractivity contribution in [3.8, 4) is 0 Å². The first-order valence-corrected chi connectivity index (χ1v) is 8.29. The first-order valence-electron chi connectivity index (χ1n) is 8.29. The topological polar surface area (TPSA) is 41.0 Å². The molecular formula is C18H22N4. The van der Waals surface area contributed by atoms with Crippen LogP contribution in [-0.4, -0.2) is 22.6 Å². The van der Waals surface area contributed by atoms with Gasteiger partial charge in [-0.1, -0.05) is 37.1 Å². The van der Waals surface area contributed by atoms with Gasteiger partial charge in [0.05, 0.1) is 0 Å². The second-order valence-electron chi connectivity index (χ2n) is 6.33. The fraction of sp³-hybridized carbons (Fsp3) is 0.444. The molecule has 0 radical (unpaired) electrons. The Morgan fingerprint density at radius 3 is 2.73 bits per heavy atom. The number of rotatable bonds is 3. The van der Waals surface area contributed by atoms with Gasteiger partial charge in [-0.3, -0.25) is 0 Å². The lowest BCUT2D eigenvalue weighted by Crippen LogP contribution is -2.31. The molecule has 1 aromatic carbocycles. The summed E-state index contributed by atoms with van der Waals surface area (Å²) in [6.07, 6.45) is 7.96. The van der Waals surface area contributed by atoms with E-state index in [1.54, 1.807) is 6.33 Å². The summed E-state index contributed by atoms with van der Waals surface area (Å²) in [4.78, 5) is 11.2. The van der Waals surface area contributed by atoms with E-state index in [1.807, 2.05) is 0 Å². The number of hydrogen-bond acceptors (Lipinski definition) is 4. The van der Waals surface area contributed by atoms with Crippen molar-refractivity contribution in [2.24, 2.45) is 0 Å². The van der Waals surface area contributed by atoms with Gasteiger partial charge < -0.3 is 10.2 Å². The van der Waals surface area contributed by atoms with Gasteiger partial charge in [0, 0.05) is 25.2 Å². The summed E-state index contributed by atoms with van der Waals surface area (Å²) in [6.45, 7) is 1.97. The molecule has 2 aliphatic rings. The third kappa shape index (κ3) is 2.78. The summed E-state index contributed by atoms with van der Waals surface area (Å²) < 4.78 is 0. The number of nitrogens with one attached hydrogen (secondary N) is 1. The summed E-state index contributed by atoms with van der Waals surface area (Å²) in [5.74, 6) is 2.00. The maximum atomic E-state index is 4.49. The minimum atomic E-state index is 0.588. The molecule has 0 spiro atoms. The third-order valence-electron chi connectivity index (χ3n) is 4.81. The van der Waals surface area contributed by atoms with E-state index in [-0.39, 0.29) is 0 Å². The minimum absolute atomic E-state index is 0.588. The normalized spacial score (nSPS) is 18.3. The number of hydrogen-bond donors (Lipinski definition) is 1. The number of nitrogens with zero attached hydrogens (tertiary/aromatic N) is 3. The highest BCUT2D eigenvalue weighted by Gasteiger charge is 2.19. The fourth-order valence-electron chi connectivity index (χ4n) is 3.57. The summed E-state index contributed by atoms with van der Waals surface area (Å²) in [7, 11) is 0. The molecule has 4 heteroatoms. The van der Waals surface area contributed by atoms with E-state index in [2.05, 4.69) is 50.5 Å². The Labute approximate surface area is 131 Å². The van der Waals surface area contributed by atoms with Crippen molar-refractivity contribution in [3.05, 3.63) is 47.8 Å². The zero-order chi connectivity index (χ0) is 14.8. The largest absolute Gasteiger partial charge is 0.367 e. The molecule has 0 unspecified atom stereocenters. The Bertz CT molecular complexity index is 649. The Kier molecular flexibility index (Phi) is 3.67. The second-order valence-corrected chi connectivity index (χ2v) is 6.33. The quantitative estimate of drug-likeness (QED) is 0.942. The maximum absolute atomic E-state index is 4.49. The lowest BCUT2D eigenvalue weighted by molar-refractivity contribution is 0.716. The highest BCUT2D eigenvalue weighted by atomic mass is 15.2. The molecule has 1 fully saturated rings. The van der Waals surface area contributed by atoms with Gasteiger partial charge in [0.2, 0.25) is 0 Å². The Morgan fingerprint density at radius 1 is 1.05 bits per heavy atom. The molecule has 4 rings (SSSR count). The average Bonchev–Trinajstić information content (AvgIpc) is 3.08. The molecule has 22 heavy (non-hydrogen) atoms. The Morgan fingerprint density at radius 2 is 1.86 bits per heavy atom. The van der Waals surface area contributed by atoms with E-state index in [4.69, 9.17) is 0 Å². The van der Waals surface area contributed by atoms with Crippen molar-refractivity contribution >= 4 is 11.6 Å². The number of fused-ring (bicyclic) bond motifs is 1. The first kappa shape index (κ1) is 13.6. The molecule has 1 aromatic heterocycles. The molecule has 0 amide bonds. The van der Waals surface area contributed by atoms with Gasteiger partial charge in [-0.25, -0.2) is 9.97 Å². The summed E-state index contributed by atoms with van der Waals surface area (Å²) in [5, 5.41) is 3.56. The lowest BCUT2D eigenvalue weighted by Gasteiger charge is -2.30. The molecule has 2 aromatic rings. The lowest BCUT2D eigenvalue weighted by atomic mass is 10.00. The van der Waals surface area contributed by atoms with Gasteiger partial charge in [-0.15, -0.1) is 0 Å². The summed E-state index contributed by atoms with van der Waals surface area (Å²) in [5.41, 5.74) is 2.88. The molecule has 114 valence electrons. The van der Waals surface area contributed by atoms with Crippen LogP contribution < -0.4 is 10.2 Å². The molecule has 2 heterocycles. The zero-order valence-electron chi connectivity index (χ0n) is 12.8. The van der Waals surface area contributed by atoms with E-state index in [0.29, 0.717) is 6.04 Å². The molecule has 1 saturated carbocycles. The predicted molar refractivity (Wildman–Crippen MR) is 89.1 cm³/mol. The molecule has 0 atom stereocenters. The molecular weight excluding hydrogens is 272 g/mol. The van der Waals surface area contributed by atoms with Gasteiger partial charge in [-0.2, -0.15) is 0 Å². The first-order chi connectivity index (χ1) is 10.9. The minimum Gasteiger partial charge on any atom is -0.367 e. The van der Waals surface area contributed by atoms with Crippen molar-refractivity contribution in [2.45, 2.75) is 44.7 Å². The maximum Gasteiger partial charge on any atom is 0.134 e. The van der Waals surface area contributed by atoms with Crippen molar-refractivity contribution in [1.82, 2.24) is 9.97 Å². The van der Waals surface area contributed by atoms with Crippen LogP contribution in [0.5, 0.6) is 0 Å². The highest BCUT2D eigenvalue weighted by molar-refractivity contribution is 5.51. The smallest absolute Gasteiger partial charge is 0.134 e. The van der Waals surface area contributed by atoms with Gasteiger partial charge >= 0.3 is 0 Å². The van der Waals surface area contributed by atoms with Gasteiger partial charge in [0.25, 0.3) is 0 Å². The van der Waals surface area contributed by atoms with Crippen LogP contribution in [0, 0.1) is 0 Å². The van der Waals surface area contributed by atoms with Crippen molar-refractivity contribution < 1.29 is 0 Å². The molecule has 4 nitrogen and oxygen atoms in total. The van der Waals surface area contributed by atoms with Crippen molar-refractivity contribution in [1.29, 1.82) is 0 Å². The summed E-state index contributed by atoms with van der Waals surface area (Å²) >= 11 is 0. The van der Waals surface area contributed by atoms with Crippen molar-refractivity contribution in [2.75, 3.05) is 16.8 Å². The summed E-state index contributed by atoms with van der Waals surface area (Å²) in [6, 6.07) is 11.4. The van der Waals surface area contributed by atoms with E-state index in [1.165, 1.54) is 36.8 Å². The molecule has 0 saturated heterocycles. The molecule has 1 aliphatic carbocycles. The van der Waals surface area contributed by atoms with Crippen LogP contribution >= 0.6 is 0 Å². The standard InChI is InChI=1S/C18H22N4/c1-2-6-15-12-22(10-9-14(15)5-1)18-11-17(19-13-20-18)21-16-7-3-4-8-16/h1-2,5-6,11,13,16H,3-4,7-10,12H2,(H,19,20,21). The van der Waals surface area contributed by atoms with E-state index < -0.39 is 0 Å². The van der Waals surface area contributed by atoms with Crippen LogP contribution in [0.3, 0.4) is 0 Å². The average molecular weight is 294 g/mol. The molecule has 0 bridgehead atoms. The molecule has 1 aliphatic heterocycles. The third-order valence-corrected chi connectivity index (χ3v) is 4.81. The van der Waals surface area contributed by atoms with Crippen LogP contribution in [0.15, 0.2) is 36.7 Å². The SMILES string of the molecule is c1ccc2c(c1)CCN(c1cc(NC3CCCC3)ncn1)C2. The van der Waals surface area contributed by atoms with Gasteiger partial charge in [0.15, 0.2) is 0 Å². The number of benzene rings is 1. The molecule has 1 N–H and O–H groups in total. The van der Waals surface area contributed by atoms with Crippen LogP contribution in [-0.2, 0) is 13.0 Å². The Balaban J connectivity index is 1.51.